The first-order chi connectivity index (χ1) is 9.00. The summed E-state index contributed by atoms with van der Waals surface area (Å²) < 4.78 is 68.2. The van der Waals surface area contributed by atoms with Gasteiger partial charge in [0.1, 0.15) is 11.5 Å². The van der Waals surface area contributed by atoms with E-state index in [2.05, 4.69) is 21.1 Å². The highest BCUT2D eigenvalue weighted by Crippen LogP contribution is 2.25. The average Bonchev–Trinajstić information content (AvgIpc) is 2.29. The van der Waals surface area contributed by atoms with Gasteiger partial charge >= 0.3 is 23.5 Å². The molecule has 1 aromatic rings. The topological polar surface area (TPSA) is 52.6 Å². The molecule has 1 aromatic carbocycles. The maximum Gasteiger partial charge on any atom is 0.491 e. The van der Waals surface area contributed by atoms with Crippen molar-refractivity contribution in [1.82, 2.24) is 0 Å². The minimum atomic E-state index is -5.17. The Bertz CT molecular complexity index is 459. The van der Waals surface area contributed by atoms with Crippen molar-refractivity contribution in [3.05, 3.63) is 24.3 Å². The van der Waals surface area contributed by atoms with Crippen molar-refractivity contribution in [2.75, 3.05) is 0 Å². The van der Waals surface area contributed by atoms with Gasteiger partial charge in [-0.2, -0.15) is 22.0 Å². The lowest BCUT2D eigenvalue weighted by Crippen LogP contribution is -2.28. The Balaban J connectivity index is 2.71. The molecule has 0 saturated carbocycles. The van der Waals surface area contributed by atoms with Gasteiger partial charge in [0.2, 0.25) is 0 Å². The van der Waals surface area contributed by atoms with Gasteiger partial charge in [-0.05, 0) is 35.9 Å². The van der Waals surface area contributed by atoms with Gasteiger partial charge in [0.25, 0.3) is 0 Å². The molecule has 0 N–H and O–H groups in total. The zero-order valence-corrected chi connectivity index (χ0v) is 9.97. The van der Waals surface area contributed by atoms with Crippen LogP contribution in [0.25, 0.3) is 0 Å². The molecule has 0 aromatic heterocycles. The summed E-state index contributed by atoms with van der Waals surface area (Å²) in [5.74, 6) is -5.43. The van der Waals surface area contributed by atoms with E-state index in [-0.39, 0.29) is 0 Å². The van der Waals surface area contributed by atoms with Crippen LogP contribution in [0.3, 0.4) is 0 Å². The van der Waals surface area contributed by atoms with Crippen LogP contribution in [0, 0.1) is 0 Å². The van der Waals surface area contributed by atoms with Crippen molar-refractivity contribution in [3.63, 3.8) is 0 Å². The lowest BCUT2D eigenvalue weighted by molar-refractivity contribution is -0.189. The van der Waals surface area contributed by atoms with Gasteiger partial charge in [0.15, 0.2) is 0 Å². The lowest BCUT2D eigenvalue weighted by atomic mass is 10.3. The Morgan fingerprint density at radius 3 is 1.50 bits per heavy atom. The second-order valence-electron chi connectivity index (χ2n) is 3.25. The molecule has 0 saturated heterocycles. The van der Waals surface area contributed by atoms with E-state index in [4.69, 9.17) is 0 Å². The number of esters is 2. The fourth-order valence-electron chi connectivity index (χ4n) is 0.906. The van der Waals surface area contributed by atoms with Crippen molar-refractivity contribution >= 4 is 23.5 Å². The molecule has 0 radical (unpaired) electrons. The predicted octanol–water partition coefficient (Wildman–Crippen LogP) is 2.89. The third-order valence-electron chi connectivity index (χ3n) is 1.71. The highest BCUT2D eigenvalue weighted by molar-refractivity contribution is 6.31. The highest BCUT2D eigenvalue weighted by atomic mass is 35.5. The predicted molar refractivity (Wildman–Crippen MR) is 54.6 cm³/mol. The van der Waals surface area contributed by atoms with Crippen molar-refractivity contribution in [1.29, 1.82) is 0 Å². The summed E-state index contributed by atoms with van der Waals surface area (Å²) in [7, 11) is 0. The Hall–Kier alpha value is -1.90. The van der Waals surface area contributed by atoms with E-state index in [1.807, 2.05) is 0 Å². The number of rotatable bonds is 3. The molecule has 0 heterocycles. The highest BCUT2D eigenvalue weighted by Gasteiger charge is 2.41. The molecule has 0 atom stereocenters. The smallest absolute Gasteiger partial charge is 0.421 e. The molecule has 1 rings (SSSR count). The van der Waals surface area contributed by atoms with Crippen LogP contribution in [0.2, 0.25) is 0 Å². The number of benzene rings is 1. The molecule has 0 unspecified atom stereocenters. The van der Waals surface area contributed by atoms with Crippen LogP contribution in [0.4, 0.5) is 22.0 Å². The molecule has 0 spiro atoms. The molecule has 0 fully saturated rings. The monoisotopic (exact) mass is 318 g/mol. The van der Waals surface area contributed by atoms with E-state index in [0.717, 1.165) is 24.3 Å². The fraction of sp³-hybridized carbons (Fsp3) is 0.200. The SMILES string of the molecule is O=C(Oc1ccc(OC(=O)C(F)(F)Cl)cc1)C(F)(F)F. The maximum atomic E-state index is 12.3. The van der Waals surface area contributed by atoms with Crippen LogP contribution >= 0.6 is 11.6 Å². The van der Waals surface area contributed by atoms with E-state index in [1.165, 1.54) is 0 Å². The van der Waals surface area contributed by atoms with Crippen LogP contribution in [0.1, 0.15) is 0 Å². The van der Waals surface area contributed by atoms with Gasteiger partial charge in [-0.1, -0.05) is 0 Å². The van der Waals surface area contributed by atoms with E-state index in [1.54, 1.807) is 0 Å². The summed E-state index contributed by atoms with van der Waals surface area (Å²) in [6.07, 6.45) is -5.17. The number of carbonyl (C=O) groups is 2. The fourth-order valence-corrected chi connectivity index (χ4v) is 0.944. The Morgan fingerprint density at radius 2 is 1.20 bits per heavy atom. The minimum absolute atomic E-state index is 0.415. The van der Waals surface area contributed by atoms with Crippen molar-refractivity contribution in [2.45, 2.75) is 11.6 Å². The molecule has 0 aliphatic rings. The van der Waals surface area contributed by atoms with Crippen LogP contribution < -0.4 is 9.47 Å². The van der Waals surface area contributed by atoms with Gasteiger partial charge in [0.05, 0.1) is 0 Å². The standard InChI is InChI=1S/C10H4ClF5O4/c11-9(12,13)7(17)19-5-1-3-6(4-2-5)20-8(18)10(14,15)16/h1-4H. The normalized spacial score (nSPS) is 11.9. The number of halogens is 6. The summed E-state index contributed by atoms with van der Waals surface area (Å²) in [6, 6.07) is 3.33. The number of hydrogen-bond donors (Lipinski definition) is 0. The first-order valence-electron chi connectivity index (χ1n) is 4.68. The molecule has 0 amide bonds. The van der Waals surface area contributed by atoms with Crippen LogP contribution in [-0.4, -0.2) is 23.5 Å². The number of alkyl halides is 6. The molecule has 10 heteroatoms. The summed E-state index contributed by atoms with van der Waals surface area (Å²) >= 11 is 4.38. The molecular formula is C10H4ClF5O4. The van der Waals surface area contributed by atoms with E-state index < -0.39 is 35.0 Å². The molecular weight excluding hydrogens is 315 g/mol. The van der Waals surface area contributed by atoms with Crippen LogP contribution in [-0.2, 0) is 9.59 Å². The largest absolute Gasteiger partial charge is 0.491 e. The molecule has 110 valence electrons. The van der Waals surface area contributed by atoms with Gasteiger partial charge in [0, 0.05) is 0 Å². The van der Waals surface area contributed by atoms with E-state index in [9.17, 15) is 31.5 Å². The number of ether oxygens (including phenoxy) is 2. The lowest BCUT2D eigenvalue weighted by Gasteiger charge is -2.09. The third kappa shape index (κ3) is 4.65. The van der Waals surface area contributed by atoms with E-state index >= 15 is 0 Å². The first-order valence-corrected chi connectivity index (χ1v) is 5.06. The first kappa shape index (κ1) is 16.2. The maximum absolute atomic E-state index is 12.3. The second-order valence-corrected chi connectivity index (χ2v) is 3.72. The molecule has 0 aliphatic heterocycles. The summed E-state index contributed by atoms with van der Waals surface area (Å²) in [6.45, 7) is 0. The third-order valence-corrected chi connectivity index (χ3v) is 1.86. The second kappa shape index (κ2) is 5.61. The van der Waals surface area contributed by atoms with Crippen molar-refractivity contribution in [3.8, 4) is 11.5 Å². The summed E-state index contributed by atoms with van der Waals surface area (Å²) in [5, 5.41) is -4.23. The van der Waals surface area contributed by atoms with Gasteiger partial charge in [-0.15, -0.1) is 0 Å². The van der Waals surface area contributed by atoms with Crippen LogP contribution in [0.15, 0.2) is 24.3 Å². The average molecular weight is 319 g/mol. The Kier molecular flexibility index (Phi) is 4.53. The number of carbonyl (C=O) groups excluding carboxylic acids is 2. The number of hydrogen-bond acceptors (Lipinski definition) is 4. The zero-order chi connectivity index (χ0) is 15.6. The van der Waals surface area contributed by atoms with Crippen molar-refractivity contribution < 1.29 is 41.0 Å². The Labute approximate surface area is 113 Å². The molecule has 20 heavy (non-hydrogen) atoms. The van der Waals surface area contributed by atoms with Gasteiger partial charge in [-0.3, -0.25) is 0 Å². The Morgan fingerprint density at radius 1 is 0.850 bits per heavy atom. The van der Waals surface area contributed by atoms with Gasteiger partial charge in [-0.25, -0.2) is 9.59 Å². The molecule has 0 bridgehead atoms. The quantitative estimate of drug-likeness (QED) is 0.372. The minimum Gasteiger partial charge on any atom is -0.421 e. The van der Waals surface area contributed by atoms with Gasteiger partial charge < -0.3 is 9.47 Å². The van der Waals surface area contributed by atoms with Crippen LogP contribution in [0.5, 0.6) is 11.5 Å². The van der Waals surface area contributed by atoms with Crippen molar-refractivity contribution in [2.24, 2.45) is 0 Å². The molecule has 4 nitrogen and oxygen atoms in total. The molecule has 0 aliphatic carbocycles. The summed E-state index contributed by atoms with van der Waals surface area (Å²) in [5.41, 5.74) is 0. The zero-order valence-electron chi connectivity index (χ0n) is 9.21. The summed E-state index contributed by atoms with van der Waals surface area (Å²) in [4.78, 5) is 21.2. The van der Waals surface area contributed by atoms with E-state index in [0.29, 0.717) is 0 Å².